The van der Waals surface area contributed by atoms with Gasteiger partial charge in [0.1, 0.15) is 11.6 Å². The summed E-state index contributed by atoms with van der Waals surface area (Å²) in [4.78, 5) is 15.4. The second kappa shape index (κ2) is 8.28. The highest BCUT2D eigenvalue weighted by Crippen LogP contribution is 2.16. The van der Waals surface area contributed by atoms with Crippen molar-refractivity contribution >= 4 is 21.6 Å². The Labute approximate surface area is 161 Å². The Morgan fingerprint density at radius 3 is 2.43 bits per heavy atom. The molecule has 0 aliphatic rings. The standard InChI is InChI=1S/C18H18FN5O3S/c1-12(25)21-15-6-8-16(9-7-15)28(26,27)20-11-10-17-22-18(24-23-17)13-2-4-14(19)5-3-13/h2-9,20H,10-11H2,1H3,(H,21,25)(H,22,23,24). The zero-order chi connectivity index (χ0) is 20.1. The molecule has 10 heteroatoms. The van der Waals surface area contributed by atoms with Gasteiger partial charge in [-0.1, -0.05) is 0 Å². The Morgan fingerprint density at radius 2 is 1.79 bits per heavy atom. The van der Waals surface area contributed by atoms with Crippen molar-refractivity contribution in [3.05, 3.63) is 60.2 Å². The summed E-state index contributed by atoms with van der Waals surface area (Å²) in [7, 11) is -3.69. The maximum atomic E-state index is 13.0. The molecule has 0 aliphatic heterocycles. The Hall–Kier alpha value is -3.11. The third kappa shape index (κ3) is 4.99. The van der Waals surface area contributed by atoms with Crippen LogP contribution >= 0.6 is 0 Å². The highest BCUT2D eigenvalue weighted by Gasteiger charge is 2.14. The molecule has 0 spiro atoms. The third-order valence-corrected chi connectivity index (χ3v) is 5.25. The second-order valence-corrected chi connectivity index (χ2v) is 7.73. The quantitative estimate of drug-likeness (QED) is 0.558. The molecule has 0 saturated heterocycles. The monoisotopic (exact) mass is 403 g/mol. The number of amides is 1. The smallest absolute Gasteiger partial charge is 0.240 e. The van der Waals surface area contributed by atoms with Crippen LogP contribution in [0, 0.1) is 5.82 Å². The highest BCUT2D eigenvalue weighted by molar-refractivity contribution is 7.89. The maximum Gasteiger partial charge on any atom is 0.240 e. The van der Waals surface area contributed by atoms with E-state index in [0.717, 1.165) is 0 Å². The van der Waals surface area contributed by atoms with Crippen LogP contribution in [0.25, 0.3) is 11.4 Å². The average molecular weight is 403 g/mol. The maximum absolute atomic E-state index is 13.0. The van der Waals surface area contributed by atoms with E-state index in [4.69, 9.17) is 0 Å². The number of H-pyrrole nitrogens is 1. The summed E-state index contributed by atoms with van der Waals surface area (Å²) in [5.41, 5.74) is 1.17. The number of benzene rings is 2. The summed E-state index contributed by atoms with van der Waals surface area (Å²) in [6.07, 6.45) is 0.303. The number of hydrogen-bond acceptors (Lipinski definition) is 5. The number of carbonyl (C=O) groups excluding carboxylic acids is 1. The van der Waals surface area contributed by atoms with Crippen LogP contribution in [0.2, 0.25) is 0 Å². The van der Waals surface area contributed by atoms with Gasteiger partial charge in [-0.3, -0.25) is 9.89 Å². The predicted molar refractivity (Wildman–Crippen MR) is 101 cm³/mol. The topological polar surface area (TPSA) is 117 Å². The van der Waals surface area contributed by atoms with Crippen LogP contribution in [-0.4, -0.2) is 36.1 Å². The van der Waals surface area contributed by atoms with E-state index in [1.165, 1.54) is 43.3 Å². The van der Waals surface area contributed by atoms with E-state index < -0.39 is 10.0 Å². The van der Waals surface area contributed by atoms with E-state index in [0.29, 0.717) is 29.3 Å². The molecule has 0 unspecified atom stereocenters. The number of hydrogen-bond donors (Lipinski definition) is 3. The third-order valence-electron chi connectivity index (χ3n) is 3.77. The van der Waals surface area contributed by atoms with Gasteiger partial charge in [-0.05, 0) is 48.5 Å². The van der Waals surface area contributed by atoms with Gasteiger partial charge in [-0.2, -0.15) is 5.10 Å². The van der Waals surface area contributed by atoms with Crippen molar-refractivity contribution < 1.29 is 17.6 Å². The van der Waals surface area contributed by atoms with E-state index in [9.17, 15) is 17.6 Å². The van der Waals surface area contributed by atoms with Gasteiger partial charge in [-0.15, -0.1) is 0 Å². The van der Waals surface area contributed by atoms with E-state index in [-0.39, 0.29) is 23.2 Å². The van der Waals surface area contributed by atoms with Crippen molar-refractivity contribution in [1.82, 2.24) is 19.9 Å². The Bertz CT molecular complexity index is 1060. The number of anilines is 1. The number of aromatic nitrogens is 3. The fourth-order valence-electron chi connectivity index (χ4n) is 2.44. The van der Waals surface area contributed by atoms with Crippen LogP contribution in [-0.2, 0) is 21.2 Å². The van der Waals surface area contributed by atoms with E-state index in [1.807, 2.05) is 0 Å². The van der Waals surface area contributed by atoms with Gasteiger partial charge in [0.25, 0.3) is 0 Å². The average Bonchev–Trinajstić information content (AvgIpc) is 3.11. The summed E-state index contributed by atoms with van der Waals surface area (Å²) >= 11 is 0. The second-order valence-electron chi connectivity index (χ2n) is 5.97. The summed E-state index contributed by atoms with van der Waals surface area (Å²) < 4.78 is 40.1. The van der Waals surface area contributed by atoms with E-state index in [1.54, 1.807) is 12.1 Å². The van der Waals surface area contributed by atoms with E-state index in [2.05, 4.69) is 25.2 Å². The van der Waals surface area contributed by atoms with E-state index >= 15 is 0 Å². The molecule has 0 atom stereocenters. The lowest BCUT2D eigenvalue weighted by atomic mass is 10.2. The number of aromatic amines is 1. The number of rotatable bonds is 7. The molecule has 0 saturated carbocycles. The molecule has 8 nitrogen and oxygen atoms in total. The zero-order valence-electron chi connectivity index (χ0n) is 14.9. The summed E-state index contributed by atoms with van der Waals surface area (Å²) in [6.45, 7) is 1.49. The lowest BCUT2D eigenvalue weighted by Crippen LogP contribution is -2.26. The fourth-order valence-corrected chi connectivity index (χ4v) is 3.47. The minimum absolute atomic E-state index is 0.0890. The summed E-state index contributed by atoms with van der Waals surface area (Å²) in [5.74, 6) is 0.328. The molecule has 3 aromatic rings. The number of halogens is 1. The zero-order valence-corrected chi connectivity index (χ0v) is 15.8. The van der Waals surface area contributed by atoms with Gasteiger partial charge in [0, 0.05) is 31.1 Å². The van der Waals surface area contributed by atoms with Crippen molar-refractivity contribution in [2.24, 2.45) is 0 Å². The molecule has 0 fully saturated rings. The first-order chi connectivity index (χ1) is 13.3. The van der Waals surface area contributed by atoms with Gasteiger partial charge >= 0.3 is 0 Å². The number of carbonyl (C=O) groups is 1. The van der Waals surface area contributed by atoms with Crippen molar-refractivity contribution in [3.8, 4) is 11.4 Å². The van der Waals surface area contributed by atoms with Gasteiger partial charge < -0.3 is 5.32 Å². The van der Waals surface area contributed by atoms with Crippen LogP contribution in [0.3, 0.4) is 0 Å². The molecule has 0 radical (unpaired) electrons. The molecular formula is C18H18FN5O3S. The SMILES string of the molecule is CC(=O)Nc1ccc(S(=O)(=O)NCCc2nc(-c3ccc(F)cc3)n[nH]2)cc1. The van der Waals surface area contributed by atoms with Gasteiger partial charge in [-0.25, -0.2) is 22.5 Å². The lowest BCUT2D eigenvalue weighted by Gasteiger charge is -2.07. The molecule has 28 heavy (non-hydrogen) atoms. The highest BCUT2D eigenvalue weighted by atomic mass is 32.2. The van der Waals surface area contributed by atoms with Crippen LogP contribution in [0.15, 0.2) is 53.4 Å². The first-order valence-corrected chi connectivity index (χ1v) is 9.86. The molecule has 0 aliphatic carbocycles. The van der Waals surface area contributed by atoms with Crippen molar-refractivity contribution in [1.29, 1.82) is 0 Å². The molecule has 3 rings (SSSR count). The predicted octanol–water partition coefficient (Wildman–Crippen LogP) is 2.09. The molecule has 146 valence electrons. The van der Waals surface area contributed by atoms with Gasteiger partial charge in [0.2, 0.25) is 15.9 Å². The molecule has 0 bridgehead atoms. The normalized spacial score (nSPS) is 11.4. The number of nitrogens with zero attached hydrogens (tertiary/aromatic N) is 2. The lowest BCUT2D eigenvalue weighted by molar-refractivity contribution is -0.114. The van der Waals surface area contributed by atoms with Crippen molar-refractivity contribution in [3.63, 3.8) is 0 Å². The number of nitrogens with one attached hydrogen (secondary N) is 3. The molecule has 1 heterocycles. The molecule has 3 N–H and O–H groups in total. The van der Waals surface area contributed by atoms with Gasteiger partial charge in [0.15, 0.2) is 5.82 Å². The first kappa shape index (κ1) is 19.6. The number of sulfonamides is 1. The van der Waals surface area contributed by atoms with Crippen LogP contribution in [0.4, 0.5) is 10.1 Å². The molecule has 1 aromatic heterocycles. The largest absolute Gasteiger partial charge is 0.326 e. The van der Waals surface area contributed by atoms with Gasteiger partial charge in [0.05, 0.1) is 4.90 Å². The Morgan fingerprint density at radius 1 is 1.11 bits per heavy atom. The fraction of sp³-hybridized carbons (Fsp3) is 0.167. The molecule has 1 amide bonds. The Balaban J connectivity index is 1.58. The minimum atomic E-state index is -3.69. The van der Waals surface area contributed by atoms with Crippen molar-refractivity contribution in [2.45, 2.75) is 18.2 Å². The molecule has 2 aromatic carbocycles. The Kier molecular flexibility index (Phi) is 5.81. The first-order valence-electron chi connectivity index (χ1n) is 8.38. The van der Waals surface area contributed by atoms with Crippen LogP contribution in [0.5, 0.6) is 0 Å². The van der Waals surface area contributed by atoms with Crippen LogP contribution in [0.1, 0.15) is 12.7 Å². The van der Waals surface area contributed by atoms with Crippen LogP contribution < -0.4 is 10.0 Å². The molecular weight excluding hydrogens is 385 g/mol. The van der Waals surface area contributed by atoms with Crippen molar-refractivity contribution in [2.75, 3.05) is 11.9 Å². The summed E-state index contributed by atoms with van der Waals surface area (Å²) in [6, 6.07) is 11.6. The minimum Gasteiger partial charge on any atom is -0.326 e. The summed E-state index contributed by atoms with van der Waals surface area (Å²) in [5, 5.41) is 9.37.